The highest BCUT2D eigenvalue weighted by atomic mass is 32.2. The molecule has 1 rings (SSSR count). The minimum atomic E-state index is -3.63. The van der Waals surface area contributed by atoms with E-state index in [1.165, 1.54) is 12.4 Å². The predicted octanol–water partition coefficient (Wildman–Crippen LogP) is 0.285. The summed E-state index contributed by atoms with van der Waals surface area (Å²) in [6.45, 7) is 5.77. The predicted molar refractivity (Wildman–Crippen MR) is 48.6 cm³/mol. The molecule has 0 fully saturated rings. The average molecular weight is 203 g/mol. The lowest BCUT2D eigenvalue weighted by Crippen LogP contribution is -2.22. The number of nitrogens with two attached hydrogens (primary N) is 1. The molecule has 0 aliphatic carbocycles. The molecule has 2 N–H and O–H groups in total. The van der Waals surface area contributed by atoms with Gasteiger partial charge in [-0.15, -0.1) is 0 Å². The first-order valence-corrected chi connectivity index (χ1v) is 5.34. The summed E-state index contributed by atoms with van der Waals surface area (Å²) in [5.41, 5.74) is -0.233. The van der Waals surface area contributed by atoms with Crippen LogP contribution in [0, 0.1) is 0 Å². The van der Waals surface area contributed by atoms with Gasteiger partial charge in [-0.3, -0.25) is 4.68 Å². The third-order valence-electron chi connectivity index (χ3n) is 1.57. The maximum atomic E-state index is 10.9. The Kier molecular flexibility index (Phi) is 2.21. The quantitative estimate of drug-likeness (QED) is 0.712. The van der Waals surface area contributed by atoms with Gasteiger partial charge in [0.15, 0.2) is 0 Å². The SMILES string of the molecule is CC(C)(C)n1cc(S(N)(=O)=O)cn1. The Labute approximate surface area is 77.6 Å². The number of hydrogen-bond donors (Lipinski definition) is 1. The van der Waals surface area contributed by atoms with Crippen molar-refractivity contribution >= 4 is 10.0 Å². The van der Waals surface area contributed by atoms with Gasteiger partial charge in [0.25, 0.3) is 0 Å². The Balaban J connectivity index is 3.16. The van der Waals surface area contributed by atoms with E-state index in [0.29, 0.717) is 0 Å². The second kappa shape index (κ2) is 2.81. The first-order chi connectivity index (χ1) is 5.71. The van der Waals surface area contributed by atoms with Gasteiger partial charge in [0.1, 0.15) is 4.90 Å². The lowest BCUT2D eigenvalue weighted by atomic mass is 10.1. The van der Waals surface area contributed by atoms with Gasteiger partial charge in [0.2, 0.25) is 10.0 Å². The van der Waals surface area contributed by atoms with Crippen LogP contribution in [-0.4, -0.2) is 18.2 Å². The first-order valence-electron chi connectivity index (χ1n) is 3.79. The minimum Gasteiger partial charge on any atom is -0.266 e. The number of nitrogens with zero attached hydrogens (tertiary/aromatic N) is 2. The van der Waals surface area contributed by atoms with Crippen molar-refractivity contribution in [3.8, 4) is 0 Å². The molecule has 5 nitrogen and oxygen atoms in total. The van der Waals surface area contributed by atoms with Gasteiger partial charge >= 0.3 is 0 Å². The Morgan fingerprint density at radius 2 is 2.00 bits per heavy atom. The van der Waals surface area contributed by atoms with Crippen LogP contribution < -0.4 is 5.14 Å². The van der Waals surface area contributed by atoms with Crippen molar-refractivity contribution < 1.29 is 8.42 Å². The van der Waals surface area contributed by atoms with E-state index in [0.717, 1.165) is 0 Å². The molecule has 0 spiro atoms. The molecular formula is C7H13N3O2S. The molecule has 13 heavy (non-hydrogen) atoms. The van der Waals surface area contributed by atoms with Crippen LogP contribution in [0.4, 0.5) is 0 Å². The van der Waals surface area contributed by atoms with E-state index in [2.05, 4.69) is 5.10 Å². The van der Waals surface area contributed by atoms with Crippen molar-refractivity contribution in [3.63, 3.8) is 0 Å². The molecule has 0 radical (unpaired) electrons. The van der Waals surface area contributed by atoms with Crippen LogP contribution >= 0.6 is 0 Å². The van der Waals surface area contributed by atoms with E-state index in [-0.39, 0.29) is 10.4 Å². The second-order valence-corrected chi connectivity index (χ2v) is 5.40. The Bertz CT molecular complexity index is 400. The maximum Gasteiger partial charge on any atom is 0.241 e. The van der Waals surface area contributed by atoms with Crippen LogP contribution in [-0.2, 0) is 15.6 Å². The third kappa shape index (κ3) is 2.28. The molecule has 0 unspecified atom stereocenters. The maximum absolute atomic E-state index is 10.9. The van der Waals surface area contributed by atoms with Crippen LogP contribution in [0.25, 0.3) is 0 Å². The molecular weight excluding hydrogens is 190 g/mol. The molecule has 0 saturated heterocycles. The van der Waals surface area contributed by atoms with E-state index in [9.17, 15) is 8.42 Å². The molecule has 0 saturated carbocycles. The summed E-state index contributed by atoms with van der Waals surface area (Å²) >= 11 is 0. The number of sulfonamides is 1. The smallest absolute Gasteiger partial charge is 0.241 e. The summed E-state index contributed by atoms with van der Waals surface area (Å²) in [6, 6.07) is 0. The molecule has 6 heteroatoms. The molecule has 0 aromatic carbocycles. The normalized spacial score (nSPS) is 13.2. The van der Waals surface area contributed by atoms with Crippen LogP contribution in [0.5, 0.6) is 0 Å². The molecule has 74 valence electrons. The zero-order chi connectivity index (χ0) is 10.3. The standard InChI is InChI=1S/C7H13N3O2S/c1-7(2,3)10-5-6(4-9-10)13(8,11)12/h4-5H,1-3H3,(H2,8,11,12). The van der Waals surface area contributed by atoms with Gasteiger partial charge in [-0.05, 0) is 20.8 Å². The lowest BCUT2D eigenvalue weighted by Gasteiger charge is -2.18. The van der Waals surface area contributed by atoms with E-state index in [1.807, 2.05) is 20.8 Å². The van der Waals surface area contributed by atoms with Crippen molar-refractivity contribution in [1.82, 2.24) is 9.78 Å². The van der Waals surface area contributed by atoms with Crippen LogP contribution in [0.2, 0.25) is 0 Å². The largest absolute Gasteiger partial charge is 0.266 e. The summed E-state index contributed by atoms with van der Waals surface area (Å²) in [6.07, 6.45) is 2.68. The highest BCUT2D eigenvalue weighted by molar-refractivity contribution is 7.89. The van der Waals surface area contributed by atoms with Crippen molar-refractivity contribution in [2.75, 3.05) is 0 Å². The van der Waals surface area contributed by atoms with Crippen molar-refractivity contribution in [1.29, 1.82) is 0 Å². The second-order valence-electron chi connectivity index (χ2n) is 3.84. The number of aromatic nitrogens is 2. The molecule has 1 aromatic rings. The van der Waals surface area contributed by atoms with Gasteiger partial charge in [0, 0.05) is 6.20 Å². The average Bonchev–Trinajstić information content (AvgIpc) is 2.28. The third-order valence-corrected chi connectivity index (χ3v) is 2.44. The van der Waals surface area contributed by atoms with Crippen molar-refractivity contribution in [2.45, 2.75) is 31.2 Å². The summed E-state index contributed by atoms with van der Waals surface area (Å²) < 4.78 is 23.4. The fraction of sp³-hybridized carbons (Fsp3) is 0.571. The highest BCUT2D eigenvalue weighted by Gasteiger charge is 2.17. The highest BCUT2D eigenvalue weighted by Crippen LogP contribution is 2.14. The first kappa shape index (κ1) is 10.2. The zero-order valence-electron chi connectivity index (χ0n) is 7.85. The fourth-order valence-corrected chi connectivity index (χ4v) is 1.26. The van der Waals surface area contributed by atoms with Crippen molar-refractivity contribution in [3.05, 3.63) is 12.4 Å². The van der Waals surface area contributed by atoms with E-state index in [1.54, 1.807) is 4.68 Å². The van der Waals surface area contributed by atoms with Gasteiger partial charge < -0.3 is 0 Å². The summed E-state index contributed by atoms with van der Waals surface area (Å²) in [7, 11) is -3.63. The molecule has 1 aromatic heterocycles. The summed E-state index contributed by atoms with van der Waals surface area (Å²) in [4.78, 5) is 0.0439. The molecule has 1 heterocycles. The van der Waals surface area contributed by atoms with E-state index in [4.69, 9.17) is 5.14 Å². The monoisotopic (exact) mass is 203 g/mol. The molecule has 0 bridgehead atoms. The fourth-order valence-electron chi connectivity index (χ4n) is 0.820. The Morgan fingerprint density at radius 3 is 2.23 bits per heavy atom. The Morgan fingerprint density at radius 1 is 1.46 bits per heavy atom. The van der Waals surface area contributed by atoms with Crippen molar-refractivity contribution in [2.24, 2.45) is 5.14 Å². The van der Waals surface area contributed by atoms with Gasteiger partial charge in [-0.25, -0.2) is 13.6 Å². The Hall–Kier alpha value is -0.880. The molecule has 0 aliphatic heterocycles. The van der Waals surface area contributed by atoms with Crippen LogP contribution in [0.15, 0.2) is 17.3 Å². The van der Waals surface area contributed by atoms with E-state index >= 15 is 0 Å². The number of hydrogen-bond acceptors (Lipinski definition) is 3. The summed E-state index contributed by atoms with van der Waals surface area (Å²) in [5.74, 6) is 0. The molecule has 0 aliphatic rings. The number of rotatable bonds is 1. The lowest BCUT2D eigenvalue weighted by molar-refractivity contribution is 0.355. The molecule has 0 amide bonds. The zero-order valence-corrected chi connectivity index (χ0v) is 8.67. The summed E-state index contributed by atoms with van der Waals surface area (Å²) in [5, 5.41) is 8.84. The molecule has 0 atom stereocenters. The minimum absolute atomic E-state index is 0.0439. The van der Waals surface area contributed by atoms with Crippen LogP contribution in [0.3, 0.4) is 0 Å². The van der Waals surface area contributed by atoms with Crippen LogP contribution in [0.1, 0.15) is 20.8 Å². The topological polar surface area (TPSA) is 78.0 Å². The van der Waals surface area contributed by atoms with Gasteiger partial charge in [-0.2, -0.15) is 5.10 Å². The van der Waals surface area contributed by atoms with E-state index < -0.39 is 10.0 Å². The number of primary sulfonamides is 1. The van der Waals surface area contributed by atoms with Gasteiger partial charge in [-0.1, -0.05) is 0 Å². The van der Waals surface area contributed by atoms with Gasteiger partial charge in [0.05, 0.1) is 11.7 Å².